The number of anilines is 1. The highest BCUT2D eigenvalue weighted by Crippen LogP contribution is 2.40. The Kier molecular flexibility index (Phi) is 6.20. The minimum absolute atomic E-state index is 0.143. The molecular weight excluding hydrogens is 338 g/mol. The van der Waals surface area contributed by atoms with E-state index in [0.29, 0.717) is 21.9 Å². The van der Waals surface area contributed by atoms with Crippen molar-refractivity contribution in [3.05, 3.63) is 34.7 Å². The highest BCUT2D eigenvalue weighted by Gasteiger charge is 2.25. The van der Waals surface area contributed by atoms with Crippen LogP contribution in [0, 0.1) is 12.8 Å². The fourth-order valence-corrected chi connectivity index (χ4v) is 3.29. The summed E-state index contributed by atoms with van der Waals surface area (Å²) in [5.74, 6) is -0.124. The number of nitrogens with one attached hydrogen (secondary N) is 1. The fraction of sp³-hybridized carbons (Fsp3) is 0.368. The van der Waals surface area contributed by atoms with Gasteiger partial charge in [-0.2, -0.15) is 0 Å². The van der Waals surface area contributed by atoms with Crippen LogP contribution < -0.4 is 10.1 Å². The number of esters is 1. The minimum Gasteiger partial charge on any atom is -0.496 e. The van der Waals surface area contributed by atoms with Gasteiger partial charge in [-0.1, -0.05) is 25.5 Å². The molecule has 0 saturated carbocycles. The number of aryl methyl sites for hydroxylation is 1. The van der Waals surface area contributed by atoms with Crippen LogP contribution in [0.3, 0.4) is 0 Å². The summed E-state index contributed by atoms with van der Waals surface area (Å²) in [7, 11) is 1.59. The third kappa shape index (κ3) is 4.20. The van der Waals surface area contributed by atoms with Gasteiger partial charge in [0.2, 0.25) is 5.91 Å². The Bertz CT molecular complexity index is 780. The summed E-state index contributed by atoms with van der Waals surface area (Å²) in [6, 6.07) is 5.77. The van der Waals surface area contributed by atoms with Crippen molar-refractivity contribution >= 4 is 28.2 Å². The topological polar surface area (TPSA) is 64.6 Å². The van der Waals surface area contributed by atoms with Crippen LogP contribution in [0.2, 0.25) is 0 Å². The first-order chi connectivity index (χ1) is 11.9. The summed E-state index contributed by atoms with van der Waals surface area (Å²) < 4.78 is 10.7. The average Bonchev–Trinajstić information content (AvgIpc) is 2.98. The monoisotopic (exact) mass is 361 g/mol. The second-order valence-corrected chi connectivity index (χ2v) is 6.80. The summed E-state index contributed by atoms with van der Waals surface area (Å²) in [6.45, 7) is 7.59. The third-order valence-corrected chi connectivity index (χ3v) is 4.57. The van der Waals surface area contributed by atoms with E-state index >= 15 is 0 Å². The van der Waals surface area contributed by atoms with Crippen LogP contribution in [0.1, 0.15) is 36.7 Å². The summed E-state index contributed by atoms with van der Waals surface area (Å²) in [5, 5.41) is 5.17. The molecule has 0 aliphatic rings. The van der Waals surface area contributed by atoms with E-state index in [0.717, 1.165) is 11.1 Å². The molecule has 1 aromatic carbocycles. The van der Waals surface area contributed by atoms with Crippen molar-refractivity contribution in [2.24, 2.45) is 5.92 Å². The van der Waals surface area contributed by atoms with E-state index in [1.165, 1.54) is 11.3 Å². The zero-order chi connectivity index (χ0) is 18.6. The highest BCUT2D eigenvalue weighted by molar-refractivity contribution is 7.15. The molecule has 0 atom stereocenters. The smallest absolute Gasteiger partial charge is 0.341 e. The van der Waals surface area contributed by atoms with Crippen molar-refractivity contribution in [1.82, 2.24) is 0 Å². The van der Waals surface area contributed by atoms with Crippen molar-refractivity contribution in [3.8, 4) is 16.9 Å². The summed E-state index contributed by atoms with van der Waals surface area (Å²) in [5.41, 5.74) is 2.91. The van der Waals surface area contributed by atoms with Crippen LogP contribution >= 0.6 is 11.3 Å². The molecule has 1 aromatic heterocycles. The molecule has 5 nitrogen and oxygen atoms in total. The second-order valence-electron chi connectivity index (χ2n) is 5.92. The molecule has 0 fully saturated rings. The number of amides is 1. The van der Waals surface area contributed by atoms with E-state index in [2.05, 4.69) is 5.32 Å². The van der Waals surface area contributed by atoms with Crippen molar-refractivity contribution in [1.29, 1.82) is 0 Å². The van der Waals surface area contributed by atoms with Gasteiger partial charge in [0, 0.05) is 22.4 Å². The molecule has 2 rings (SSSR count). The number of hydrogen-bond donors (Lipinski definition) is 1. The zero-order valence-corrected chi connectivity index (χ0v) is 16.0. The first kappa shape index (κ1) is 19.0. The Labute approximate surface area is 152 Å². The van der Waals surface area contributed by atoms with E-state index in [1.54, 1.807) is 27.9 Å². The number of methoxy groups -OCH3 is 1. The number of hydrogen-bond acceptors (Lipinski definition) is 5. The molecule has 0 saturated heterocycles. The molecule has 0 aliphatic carbocycles. The van der Waals surface area contributed by atoms with Crippen molar-refractivity contribution in [2.45, 2.75) is 27.7 Å². The van der Waals surface area contributed by atoms with E-state index in [4.69, 9.17) is 9.47 Å². The Morgan fingerprint density at radius 3 is 2.56 bits per heavy atom. The van der Waals surface area contributed by atoms with Crippen LogP contribution in [-0.4, -0.2) is 25.6 Å². The van der Waals surface area contributed by atoms with Crippen LogP contribution in [0.15, 0.2) is 23.6 Å². The van der Waals surface area contributed by atoms with Gasteiger partial charge < -0.3 is 14.8 Å². The Morgan fingerprint density at radius 1 is 1.24 bits per heavy atom. The average molecular weight is 361 g/mol. The van der Waals surface area contributed by atoms with Gasteiger partial charge in [0.25, 0.3) is 0 Å². The zero-order valence-electron chi connectivity index (χ0n) is 15.1. The number of rotatable bonds is 6. The lowest BCUT2D eigenvalue weighted by atomic mass is 10.0. The van der Waals surface area contributed by atoms with Gasteiger partial charge in [0.05, 0.1) is 13.7 Å². The van der Waals surface area contributed by atoms with Crippen LogP contribution in [0.5, 0.6) is 5.75 Å². The molecular formula is C19H23NO4S. The lowest BCUT2D eigenvalue weighted by Gasteiger charge is -2.12. The Balaban J connectivity index is 2.59. The highest BCUT2D eigenvalue weighted by atomic mass is 32.1. The minimum atomic E-state index is -0.457. The molecule has 134 valence electrons. The Hall–Kier alpha value is -2.34. The molecule has 0 radical (unpaired) electrons. The van der Waals surface area contributed by atoms with Crippen LogP contribution in [-0.2, 0) is 9.53 Å². The van der Waals surface area contributed by atoms with Gasteiger partial charge in [0.1, 0.15) is 16.3 Å². The molecule has 1 amide bonds. The summed E-state index contributed by atoms with van der Waals surface area (Å²) in [6.07, 6.45) is 0. The molecule has 0 aliphatic heterocycles. The van der Waals surface area contributed by atoms with E-state index in [-0.39, 0.29) is 18.4 Å². The number of benzene rings is 1. The van der Waals surface area contributed by atoms with E-state index in [1.807, 2.05) is 30.5 Å². The molecule has 0 bridgehead atoms. The second kappa shape index (κ2) is 8.16. The summed E-state index contributed by atoms with van der Waals surface area (Å²) in [4.78, 5) is 24.6. The maximum atomic E-state index is 12.5. The number of thiophene rings is 1. The van der Waals surface area contributed by atoms with Crippen molar-refractivity contribution in [3.63, 3.8) is 0 Å². The lowest BCUT2D eigenvalue weighted by molar-refractivity contribution is -0.118. The van der Waals surface area contributed by atoms with Crippen molar-refractivity contribution in [2.75, 3.05) is 19.0 Å². The molecule has 1 heterocycles. The summed E-state index contributed by atoms with van der Waals surface area (Å²) >= 11 is 1.31. The molecule has 6 heteroatoms. The SMILES string of the molecule is CCOC(=O)c1c(-c2cc(C)ccc2OC)csc1NC(=O)C(C)C. The normalized spacial score (nSPS) is 10.6. The van der Waals surface area contributed by atoms with Crippen LogP contribution in [0.4, 0.5) is 5.00 Å². The molecule has 25 heavy (non-hydrogen) atoms. The molecule has 0 spiro atoms. The number of carbonyl (C=O) groups excluding carboxylic acids is 2. The van der Waals surface area contributed by atoms with Gasteiger partial charge in [-0.15, -0.1) is 11.3 Å². The van der Waals surface area contributed by atoms with Crippen LogP contribution in [0.25, 0.3) is 11.1 Å². The van der Waals surface area contributed by atoms with E-state index in [9.17, 15) is 9.59 Å². The van der Waals surface area contributed by atoms with Gasteiger partial charge >= 0.3 is 5.97 Å². The number of carbonyl (C=O) groups is 2. The predicted molar refractivity (Wildman–Crippen MR) is 100 cm³/mol. The van der Waals surface area contributed by atoms with Gasteiger partial charge in [-0.3, -0.25) is 4.79 Å². The predicted octanol–water partition coefficient (Wildman–Crippen LogP) is 4.50. The third-order valence-electron chi connectivity index (χ3n) is 3.68. The maximum Gasteiger partial charge on any atom is 0.341 e. The van der Waals surface area contributed by atoms with Crippen molar-refractivity contribution < 1.29 is 19.1 Å². The van der Waals surface area contributed by atoms with Gasteiger partial charge in [-0.25, -0.2) is 4.79 Å². The fourth-order valence-electron chi connectivity index (χ4n) is 2.34. The maximum absolute atomic E-state index is 12.5. The molecule has 1 N–H and O–H groups in total. The van der Waals surface area contributed by atoms with E-state index < -0.39 is 5.97 Å². The largest absolute Gasteiger partial charge is 0.496 e. The standard InChI is InChI=1S/C19H23NO4S/c1-6-24-19(22)16-14(10-25-18(16)20-17(21)11(2)3)13-9-12(4)7-8-15(13)23-5/h7-11H,6H2,1-5H3,(H,20,21). The molecule has 0 unspecified atom stereocenters. The van der Waals surface area contributed by atoms with Gasteiger partial charge in [-0.05, 0) is 26.0 Å². The first-order valence-corrected chi connectivity index (χ1v) is 9.01. The first-order valence-electron chi connectivity index (χ1n) is 8.13. The molecule has 2 aromatic rings. The Morgan fingerprint density at radius 2 is 1.96 bits per heavy atom. The lowest BCUT2D eigenvalue weighted by Crippen LogP contribution is -2.19. The van der Waals surface area contributed by atoms with Gasteiger partial charge in [0.15, 0.2) is 0 Å². The number of ether oxygens (including phenoxy) is 2. The quantitative estimate of drug-likeness (QED) is 0.769.